The molecule has 28 heavy (non-hydrogen) atoms. The Morgan fingerprint density at radius 2 is 2.04 bits per heavy atom. The summed E-state index contributed by atoms with van der Waals surface area (Å²) in [7, 11) is -3.54. The van der Waals surface area contributed by atoms with Gasteiger partial charge in [0.2, 0.25) is 0 Å². The summed E-state index contributed by atoms with van der Waals surface area (Å²) in [5.74, 6) is 0.626. The molecule has 3 aromatic rings. The Hall–Kier alpha value is -2.18. The second kappa shape index (κ2) is 7.68. The largest absolute Gasteiger partial charge is 0.361 e. The van der Waals surface area contributed by atoms with Gasteiger partial charge in [-0.15, -0.1) is 0 Å². The molecule has 1 aliphatic heterocycles. The second-order valence-electron chi connectivity index (χ2n) is 7.75. The number of H-pyrrole nitrogens is 1. The van der Waals surface area contributed by atoms with Gasteiger partial charge in [-0.05, 0) is 55.9 Å². The summed E-state index contributed by atoms with van der Waals surface area (Å²) >= 11 is 0. The molecule has 3 heterocycles. The van der Waals surface area contributed by atoms with Crippen LogP contribution in [0.1, 0.15) is 38.2 Å². The van der Waals surface area contributed by atoms with E-state index in [1.54, 1.807) is 16.6 Å². The van der Waals surface area contributed by atoms with Crippen molar-refractivity contribution < 1.29 is 8.42 Å². The summed E-state index contributed by atoms with van der Waals surface area (Å²) in [6.07, 6.45) is 7.70. The normalized spacial score (nSPS) is 19.0. The molecule has 1 saturated heterocycles. The maximum Gasteiger partial charge on any atom is 0.260 e. The third kappa shape index (κ3) is 3.59. The van der Waals surface area contributed by atoms with E-state index in [1.807, 2.05) is 12.3 Å². The van der Waals surface area contributed by atoms with E-state index in [2.05, 4.69) is 42.0 Å². The van der Waals surface area contributed by atoms with E-state index >= 15 is 0 Å². The maximum absolute atomic E-state index is 13.0. The fourth-order valence-electron chi connectivity index (χ4n) is 4.09. The summed E-state index contributed by atoms with van der Waals surface area (Å²) in [5, 5.41) is 1.25. The number of hydrogen-bond donors (Lipinski definition) is 1. The van der Waals surface area contributed by atoms with E-state index in [9.17, 15) is 8.42 Å². The van der Waals surface area contributed by atoms with Gasteiger partial charge in [-0.3, -0.25) is 0 Å². The van der Waals surface area contributed by atoms with Crippen LogP contribution in [0.15, 0.2) is 47.8 Å². The molecular formula is C22H27N3O2S. The molecule has 0 amide bonds. The minimum Gasteiger partial charge on any atom is -0.361 e. The smallest absolute Gasteiger partial charge is 0.260 e. The van der Waals surface area contributed by atoms with Crippen molar-refractivity contribution in [1.29, 1.82) is 0 Å². The zero-order valence-corrected chi connectivity index (χ0v) is 17.3. The first-order valence-electron chi connectivity index (χ1n) is 10.0. The lowest BCUT2D eigenvalue weighted by molar-refractivity contribution is 0.406. The lowest BCUT2D eigenvalue weighted by Crippen LogP contribution is -2.32. The van der Waals surface area contributed by atoms with E-state index in [0.717, 1.165) is 47.7 Å². The quantitative estimate of drug-likeness (QED) is 0.691. The highest BCUT2D eigenvalue weighted by Crippen LogP contribution is 2.30. The van der Waals surface area contributed by atoms with Crippen LogP contribution in [-0.4, -0.2) is 35.8 Å². The highest BCUT2D eigenvalue weighted by Gasteiger charge is 2.28. The van der Waals surface area contributed by atoms with Gasteiger partial charge in [-0.25, -0.2) is 13.4 Å². The number of nitrogens with zero attached hydrogens (tertiary/aromatic N) is 2. The first-order chi connectivity index (χ1) is 13.5. The number of benzene rings is 1. The predicted molar refractivity (Wildman–Crippen MR) is 113 cm³/mol. The number of sulfonamides is 1. The molecule has 0 aliphatic carbocycles. The number of rotatable bonds is 4. The topological polar surface area (TPSA) is 66.1 Å². The van der Waals surface area contributed by atoms with Gasteiger partial charge in [0, 0.05) is 47.5 Å². The van der Waals surface area contributed by atoms with Crippen LogP contribution in [0.2, 0.25) is 0 Å². The van der Waals surface area contributed by atoms with Crippen molar-refractivity contribution in [2.75, 3.05) is 13.1 Å². The number of fused-ring (bicyclic) bond motifs is 1. The SMILES string of the molecule is CCC1CCCN(S(=O)(=O)c2ccc(-c3c[nH]c4cc(C)ccc34)cn2)CC1. The molecule has 1 N–H and O–H groups in total. The van der Waals surface area contributed by atoms with E-state index in [0.29, 0.717) is 19.0 Å². The third-order valence-electron chi connectivity index (χ3n) is 5.87. The monoisotopic (exact) mass is 397 g/mol. The first-order valence-corrected chi connectivity index (χ1v) is 11.5. The predicted octanol–water partition coefficient (Wildman–Crippen LogP) is 4.74. The zero-order valence-electron chi connectivity index (χ0n) is 16.5. The Kier molecular flexibility index (Phi) is 5.25. The zero-order chi connectivity index (χ0) is 19.7. The molecule has 1 fully saturated rings. The summed E-state index contributed by atoms with van der Waals surface area (Å²) in [6, 6.07) is 9.76. The van der Waals surface area contributed by atoms with Crippen molar-refractivity contribution >= 4 is 20.9 Å². The van der Waals surface area contributed by atoms with Crippen LogP contribution in [-0.2, 0) is 10.0 Å². The maximum atomic E-state index is 13.0. The summed E-state index contributed by atoms with van der Waals surface area (Å²) in [5.41, 5.74) is 4.22. The van der Waals surface area contributed by atoms with Crippen molar-refractivity contribution in [3.05, 3.63) is 48.3 Å². The van der Waals surface area contributed by atoms with Crippen molar-refractivity contribution in [2.24, 2.45) is 5.92 Å². The molecule has 1 aliphatic rings. The lowest BCUT2D eigenvalue weighted by Gasteiger charge is -2.19. The fraction of sp³-hybridized carbons (Fsp3) is 0.409. The van der Waals surface area contributed by atoms with Crippen LogP contribution in [0.3, 0.4) is 0 Å². The molecule has 148 valence electrons. The Bertz CT molecular complexity index is 1070. The van der Waals surface area contributed by atoms with Crippen molar-refractivity contribution in [1.82, 2.24) is 14.3 Å². The molecule has 0 saturated carbocycles. The van der Waals surface area contributed by atoms with Crippen LogP contribution in [0.4, 0.5) is 0 Å². The number of nitrogens with one attached hydrogen (secondary N) is 1. The van der Waals surface area contributed by atoms with Crippen LogP contribution in [0.5, 0.6) is 0 Å². The molecule has 1 unspecified atom stereocenters. The van der Waals surface area contributed by atoms with Gasteiger partial charge >= 0.3 is 0 Å². The second-order valence-corrected chi connectivity index (χ2v) is 9.63. The van der Waals surface area contributed by atoms with E-state index < -0.39 is 10.0 Å². The average Bonchev–Trinajstić information content (AvgIpc) is 2.95. The average molecular weight is 398 g/mol. The van der Waals surface area contributed by atoms with Crippen molar-refractivity contribution in [2.45, 2.75) is 44.6 Å². The molecule has 0 spiro atoms. The molecule has 6 heteroatoms. The number of hydrogen-bond acceptors (Lipinski definition) is 3. The molecule has 1 aromatic carbocycles. The Labute approximate surface area is 166 Å². The Morgan fingerprint density at radius 3 is 2.79 bits per heavy atom. The lowest BCUT2D eigenvalue weighted by atomic mass is 9.98. The molecule has 0 bridgehead atoms. The van der Waals surface area contributed by atoms with E-state index in [-0.39, 0.29) is 5.03 Å². The van der Waals surface area contributed by atoms with E-state index in [4.69, 9.17) is 0 Å². The third-order valence-corrected chi connectivity index (χ3v) is 7.69. The van der Waals surface area contributed by atoms with Crippen LogP contribution >= 0.6 is 0 Å². The van der Waals surface area contributed by atoms with Crippen molar-refractivity contribution in [3.63, 3.8) is 0 Å². The number of aromatic amines is 1. The Balaban J connectivity index is 1.60. The summed E-state index contributed by atoms with van der Waals surface area (Å²) < 4.78 is 27.7. The summed E-state index contributed by atoms with van der Waals surface area (Å²) in [6.45, 7) is 5.42. The molecule has 4 rings (SSSR count). The van der Waals surface area contributed by atoms with E-state index in [1.165, 1.54) is 5.56 Å². The number of pyridine rings is 1. The fourth-order valence-corrected chi connectivity index (χ4v) is 5.50. The van der Waals surface area contributed by atoms with Gasteiger partial charge in [-0.2, -0.15) is 4.31 Å². The van der Waals surface area contributed by atoms with Crippen molar-refractivity contribution in [3.8, 4) is 11.1 Å². The number of aryl methyl sites for hydroxylation is 1. The van der Waals surface area contributed by atoms with Gasteiger partial charge in [-0.1, -0.05) is 25.5 Å². The molecule has 1 atom stereocenters. The van der Waals surface area contributed by atoms with Gasteiger partial charge in [0.05, 0.1) is 0 Å². The van der Waals surface area contributed by atoms with Gasteiger partial charge < -0.3 is 4.98 Å². The highest BCUT2D eigenvalue weighted by molar-refractivity contribution is 7.89. The molecule has 5 nitrogen and oxygen atoms in total. The molecule has 2 aromatic heterocycles. The van der Waals surface area contributed by atoms with Crippen LogP contribution < -0.4 is 0 Å². The van der Waals surface area contributed by atoms with Crippen LogP contribution in [0, 0.1) is 12.8 Å². The van der Waals surface area contributed by atoms with Gasteiger partial charge in [0.1, 0.15) is 0 Å². The highest BCUT2D eigenvalue weighted by atomic mass is 32.2. The standard InChI is InChI=1S/C22H27N3O2S/c1-3-17-5-4-11-25(12-10-17)28(26,27)22-9-7-18(14-24-22)20-15-23-21-13-16(2)6-8-19(20)21/h6-9,13-15,17,23H,3-5,10-12H2,1-2H3. The summed E-state index contributed by atoms with van der Waals surface area (Å²) in [4.78, 5) is 7.62. The van der Waals surface area contributed by atoms with Gasteiger partial charge in [0.25, 0.3) is 10.0 Å². The molecule has 0 radical (unpaired) electrons. The van der Waals surface area contributed by atoms with Crippen LogP contribution in [0.25, 0.3) is 22.0 Å². The minimum absolute atomic E-state index is 0.141. The Morgan fingerprint density at radius 1 is 1.18 bits per heavy atom. The van der Waals surface area contributed by atoms with Gasteiger partial charge in [0.15, 0.2) is 5.03 Å². The molecular weight excluding hydrogens is 370 g/mol. The number of aromatic nitrogens is 2. The minimum atomic E-state index is -3.54. The first kappa shape index (κ1) is 19.2.